The van der Waals surface area contributed by atoms with Crippen molar-refractivity contribution in [1.82, 2.24) is 0 Å². The number of fused-ring (bicyclic) bond motifs is 3. The number of ether oxygens (including phenoxy) is 1. The van der Waals surface area contributed by atoms with Gasteiger partial charge in [-0.2, -0.15) is 0 Å². The van der Waals surface area contributed by atoms with E-state index in [9.17, 15) is 14.7 Å². The SMILES string of the molecule is C=C[C@@]1(C)CC=C2[C@@H](CC[C@@H]3[C@](C)(COC(=O)CC(C)(C)C(=O)O)CCC[C@@]23C)C1. The van der Waals surface area contributed by atoms with Crippen molar-refractivity contribution in [1.29, 1.82) is 0 Å². The van der Waals surface area contributed by atoms with Crippen LogP contribution in [-0.4, -0.2) is 23.7 Å². The van der Waals surface area contributed by atoms with Gasteiger partial charge in [0.2, 0.25) is 0 Å². The molecule has 4 nitrogen and oxygen atoms in total. The first kappa shape index (κ1) is 23.1. The number of rotatable bonds is 6. The van der Waals surface area contributed by atoms with Crippen molar-refractivity contribution in [2.24, 2.45) is 33.5 Å². The minimum absolute atomic E-state index is 0.0545. The molecular weight excluding hydrogens is 376 g/mol. The van der Waals surface area contributed by atoms with Crippen LogP contribution in [-0.2, 0) is 14.3 Å². The van der Waals surface area contributed by atoms with E-state index >= 15 is 0 Å². The lowest BCUT2D eigenvalue weighted by atomic mass is 9.46. The fraction of sp³-hybridized carbons (Fsp3) is 0.769. The molecule has 0 bridgehead atoms. The van der Waals surface area contributed by atoms with E-state index in [0.717, 1.165) is 19.3 Å². The average Bonchev–Trinajstić information content (AvgIpc) is 2.65. The van der Waals surface area contributed by atoms with Gasteiger partial charge in [-0.25, -0.2) is 0 Å². The predicted octanol–water partition coefficient (Wildman–Crippen LogP) is 6.17. The highest BCUT2D eigenvalue weighted by Crippen LogP contribution is 2.63. The molecule has 3 aliphatic rings. The maximum absolute atomic E-state index is 12.4. The lowest BCUT2D eigenvalue weighted by molar-refractivity contribution is -0.161. The van der Waals surface area contributed by atoms with Crippen molar-refractivity contribution >= 4 is 11.9 Å². The first-order valence-corrected chi connectivity index (χ1v) is 11.6. The van der Waals surface area contributed by atoms with Crippen LogP contribution in [0.2, 0.25) is 0 Å². The summed E-state index contributed by atoms with van der Waals surface area (Å²) < 4.78 is 5.72. The molecule has 0 saturated heterocycles. The van der Waals surface area contributed by atoms with Gasteiger partial charge in [-0.15, -0.1) is 6.58 Å². The average molecular weight is 417 g/mol. The van der Waals surface area contributed by atoms with Crippen molar-refractivity contribution in [2.45, 2.75) is 86.0 Å². The Labute approximate surface area is 182 Å². The molecule has 0 unspecified atom stereocenters. The van der Waals surface area contributed by atoms with Crippen LogP contribution >= 0.6 is 0 Å². The van der Waals surface area contributed by atoms with Gasteiger partial charge in [0, 0.05) is 5.41 Å². The normalized spacial score (nSPS) is 38.6. The fourth-order valence-electron chi connectivity index (χ4n) is 6.65. The van der Waals surface area contributed by atoms with Crippen molar-refractivity contribution in [3.63, 3.8) is 0 Å². The molecule has 30 heavy (non-hydrogen) atoms. The van der Waals surface area contributed by atoms with Gasteiger partial charge < -0.3 is 9.84 Å². The van der Waals surface area contributed by atoms with E-state index in [1.165, 1.54) is 25.7 Å². The summed E-state index contributed by atoms with van der Waals surface area (Å²) in [5.41, 5.74) is 0.873. The molecular formula is C26H40O4. The van der Waals surface area contributed by atoms with E-state index < -0.39 is 17.4 Å². The second-order valence-corrected chi connectivity index (χ2v) is 11.7. The molecule has 0 spiro atoms. The molecule has 168 valence electrons. The van der Waals surface area contributed by atoms with Crippen LogP contribution in [0.5, 0.6) is 0 Å². The number of allylic oxidation sites excluding steroid dienone is 3. The van der Waals surface area contributed by atoms with Crippen LogP contribution in [0.1, 0.15) is 86.0 Å². The lowest BCUT2D eigenvalue weighted by Crippen LogP contribution is -2.51. The summed E-state index contributed by atoms with van der Waals surface area (Å²) in [7, 11) is 0. The van der Waals surface area contributed by atoms with Gasteiger partial charge in [-0.05, 0) is 75.0 Å². The van der Waals surface area contributed by atoms with Crippen molar-refractivity contribution in [3.05, 3.63) is 24.3 Å². The highest BCUT2D eigenvalue weighted by atomic mass is 16.5. The highest BCUT2D eigenvalue weighted by molar-refractivity contribution is 5.81. The largest absolute Gasteiger partial charge is 0.481 e. The summed E-state index contributed by atoms with van der Waals surface area (Å²) >= 11 is 0. The molecule has 0 aliphatic heterocycles. The summed E-state index contributed by atoms with van der Waals surface area (Å²) in [4.78, 5) is 23.8. The smallest absolute Gasteiger partial charge is 0.309 e. The molecule has 0 aromatic carbocycles. The molecule has 1 N–H and O–H groups in total. The third kappa shape index (κ3) is 4.11. The van der Waals surface area contributed by atoms with Gasteiger partial charge in [-0.1, -0.05) is 44.9 Å². The third-order valence-electron chi connectivity index (χ3n) is 8.68. The zero-order valence-electron chi connectivity index (χ0n) is 19.6. The van der Waals surface area contributed by atoms with Crippen LogP contribution in [0.3, 0.4) is 0 Å². The molecule has 0 aromatic rings. The highest BCUT2D eigenvalue weighted by Gasteiger charge is 2.55. The van der Waals surface area contributed by atoms with Gasteiger partial charge in [0.25, 0.3) is 0 Å². The number of carboxylic acids is 1. The lowest BCUT2D eigenvalue weighted by Gasteiger charge is -2.59. The zero-order chi connectivity index (χ0) is 22.4. The van der Waals surface area contributed by atoms with E-state index in [1.807, 2.05) is 0 Å². The summed E-state index contributed by atoms with van der Waals surface area (Å²) in [5, 5.41) is 9.29. The summed E-state index contributed by atoms with van der Waals surface area (Å²) in [5.74, 6) is -0.230. The Morgan fingerprint density at radius 1 is 1.27 bits per heavy atom. The minimum atomic E-state index is -1.10. The van der Waals surface area contributed by atoms with Crippen LogP contribution in [0.4, 0.5) is 0 Å². The second kappa shape index (κ2) is 7.84. The third-order valence-corrected chi connectivity index (χ3v) is 8.68. The predicted molar refractivity (Wildman–Crippen MR) is 119 cm³/mol. The minimum Gasteiger partial charge on any atom is -0.481 e. The van der Waals surface area contributed by atoms with Crippen LogP contribution < -0.4 is 0 Å². The Bertz CT molecular complexity index is 750. The summed E-state index contributed by atoms with van der Waals surface area (Å²) in [6.07, 6.45) is 12.6. The standard InChI is InChI=1S/C26H40O4/c1-7-24(4)14-11-19-18(15-24)9-10-20-25(5,12-8-13-26(19,20)6)17-30-21(27)16-23(2,3)22(28)29/h7,11,18,20H,1,8-10,12-17H2,2-6H3,(H,28,29)/t18-,20+,24-,25-,26-/m0/s1. The van der Waals surface area contributed by atoms with E-state index in [1.54, 1.807) is 19.4 Å². The van der Waals surface area contributed by atoms with Crippen LogP contribution in [0, 0.1) is 33.5 Å². The molecule has 3 rings (SSSR count). The summed E-state index contributed by atoms with van der Waals surface area (Å²) in [6, 6.07) is 0. The van der Waals surface area contributed by atoms with Gasteiger partial charge >= 0.3 is 11.9 Å². The Morgan fingerprint density at radius 2 is 1.97 bits per heavy atom. The Hall–Kier alpha value is -1.58. The van der Waals surface area contributed by atoms with Gasteiger partial charge in [0.1, 0.15) is 0 Å². The maximum Gasteiger partial charge on any atom is 0.309 e. The van der Waals surface area contributed by atoms with E-state index in [4.69, 9.17) is 4.74 Å². The Kier molecular flexibility index (Phi) is 6.03. The van der Waals surface area contributed by atoms with Crippen molar-refractivity contribution in [2.75, 3.05) is 6.61 Å². The Morgan fingerprint density at radius 3 is 2.60 bits per heavy atom. The number of esters is 1. The second-order valence-electron chi connectivity index (χ2n) is 11.7. The fourth-order valence-corrected chi connectivity index (χ4v) is 6.65. The zero-order valence-corrected chi connectivity index (χ0v) is 19.6. The van der Waals surface area contributed by atoms with Crippen molar-refractivity contribution in [3.8, 4) is 0 Å². The van der Waals surface area contributed by atoms with Crippen molar-refractivity contribution < 1.29 is 19.4 Å². The number of aliphatic carboxylic acids is 1. The number of hydrogen-bond acceptors (Lipinski definition) is 3. The summed E-state index contributed by atoms with van der Waals surface area (Å²) in [6.45, 7) is 14.7. The molecule has 0 amide bonds. The van der Waals surface area contributed by atoms with Crippen LogP contribution in [0.15, 0.2) is 24.3 Å². The Balaban J connectivity index is 1.75. The molecule has 0 heterocycles. The monoisotopic (exact) mass is 416 g/mol. The van der Waals surface area contributed by atoms with Gasteiger partial charge in [0.05, 0.1) is 18.4 Å². The molecule has 2 saturated carbocycles. The molecule has 0 radical (unpaired) electrons. The number of hydrogen-bond donors (Lipinski definition) is 1. The number of carbonyl (C=O) groups is 2. The quantitative estimate of drug-likeness (QED) is 0.416. The molecule has 3 aliphatic carbocycles. The molecule has 4 heteroatoms. The van der Waals surface area contributed by atoms with Gasteiger partial charge in [-0.3, -0.25) is 9.59 Å². The maximum atomic E-state index is 12.4. The van der Waals surface area contributed by atoms with Gasteiger partial charge in [0.15, 0.2) is 0 Å². The topological polar surface area (TPSA) is 63.6 Å². The van der Waals surface area contributed by atoms with E-state index in [0.29, 0.717) is 18.4 Å². The number of carbonyl (C=O) groups excluding carboxylic acids is 1. The van der Waals surface area contributed by atoms with E-state index in [-0.39, 0.29) is 22.7 Å². The number of carboxylic acid groups (broad SMARTS) is 1. The van der Waals surface area contributed by atoms with Crippen LogP contribution in [0.25, 0.3) is 0 Å². The molecule has 5 atom stereocenters. The first-order chi connectivity index (χ1) is 13.9. The first-order valence-electron chi connectivity index (χ1n) is 11.6. The molecule has 0 aromatic heterocycles. The van der Waals surface area contributed by atoms with E-state index in [2.05, 4.69) is 39.5 Å². The molecule has 2 fully saturated rings.